The second-order valence-corrected chi connectivity index (χ2v) is 8.56. The molecule has 1 atom stereocenters. The van der Waals surface area contributed by atoms with Gasteiger partial charge in [-0.1, -0.05) is 19.1 Å². The maximum absolute atomic E-state index is 11.4. The number of rotatable bonds is 5. The molecule has 3 rings (SSSR count). The number of thiophene rings is 1. The summed E-state index contributed by atoms with van der Waals surface area (Å²) in [6.45, 7) is 4.17. The highest BCUT2D eigenvalue weighted by Gasteiger charge is 2.18. The van der Waals surface area contributed by atoms with Gasteiger partial charge in [0.05, 0.1) is 16.3 Å². The number of benzene rings is 1. The summed E-state index contributed by atoms with van der Waals surface area (Å²) in [5.74, 6) is 0.865. The normalized spacial score (nSPS) is 13.1. The molecule has 0 unspecified atom stereocenters. The van der Waals surface area contributed by atoms with Gasteiger partial charge in [-0.15, -0.1) is 11.3 Å². The number of aryl methyl sites for hydroxylation is 1. The quantitative estimate of drug-likeness (QED) is 0.739. The van der Waals surface area contributed by atoms with Crippen molar-refractivity contribution in [3.05, 3.63) is 47.1 Å². The summed E-state index contributed by atoms with van der Waals surface area (Å²) >= 11 is 1.68. The summed E-state index contributed by atoms with van der Waals surface area (Å²) in [6.07, 6.45) is 2.55. The SMILES string of the molecule is CCc1cc2c(N(C)[C@H](C)c3ccc(S(N)(=O)=O)cc3)ncnc2s1. The Bertz CT molecular complexity index is 997. The van der Waals surface area contributed by atoms with Gasteiger partial charge in [0, 0.05) is 11.9 Å². The molecule has 0 saturated carbocycles. The third-order valence-electron chi connectivity index (χ3n) is 4.31. The molecule has 0 aliphatic heterocycles. The molecule has 6 nitrogen and oxygen atoms in total. The van der Waals surface area contributed by atoms with Crippen LogP contribution in [-0.2, 0) is 16.4 Å². The minimum atomic E-state index is -3.68. The summed E-state index contributed by atoms with van der Waals surface area (Å²) in [5.41, 5.74) is 0.979. The van der Waals surface area contributed by atoms with Crippen molar-refractivity contribution >= 4 is 37.4 Å². The van der Waals surface area contributed by atoms with E-state index in [1.165, 1.54) is 17.0 Å². The lowest BCUT2D eigenvalue weighted by atomic mass is 10.1. The Morgan fingerprint density at radius 2 is 1.92 bits per heavy atom. The standard InChI is InChI=1S/C17H20N4O2S2/c1-4-13-9-15-16(19-10-20-17(15)24-13)21(3)11(2)12-5-7-14(8-6-12)25(18,22)23/h5-11H,4H2,1-3H3,(H2,18,22,23)/t11-/m1/s1. The van der Waals surface area contributed by atoms with E-state index < -0.39 is 10.0 Å². The molecular weight excluding hydrogens is 356 g/mol. The number of sulfonamides is 1. The van der Waals surface area contributed by atoms with E-state index >= 15 is 0 Å². The third-order valence-corrected chi connectivity index (χ3v) is 6.43. The lowest BCUT2D eigenvalue weighted by molar-refractivity contribution is 0.597. The summed E-state index contributed by atoms with van der Waals surface area (Å²) < 4.78 is 22.8. The molecule has 2 heterocycles. The molecule has 3 aromatic rings. The number of anilines is 1. The van der Waals surface area contributed by atoms with Crippen molar-refractivity contribution in [3.8, 4) is 0 Å². The molecule has 8 heteroatoms. The monoisotopic (exact) mass is 376 g/mol. The van der Waals surface area contributed by atoms with Crippen molar-refractivity contribution in [3.63, 3.8) is 0 Å². The van der Waals surface area contributed by atoms with Gasteiger partial charge in [0.15, 0.2) is 0 Å². The molecule has 2 aromatic heterocycles. The molecule has 25 heavy (non-hydrogen) atoms. The van der Waals surface area contributed by atoms with Crippen LogP contribution < -0.4 is 10.0 Å². The van der Waals surface area contributed by atoms with Crippen LogP contribution in [0.1, 0.15) is 30.3 Å². The molecule has 0 amide bonds. The van der Waals surface area contributed by atoms with Gasteiger partial charge in [-0.25, -0.2) is 23.5 Å². The fraction of sp³-hybridized carbons (Fsp3) is 0.294. The topological polar surface area (TPSA) is 89.2 Å². The first kappa shape index (κ1) is 17.8. The van der Waals surface area contributed by atoms with E-state index in [2.05, 4.69) is 27.9 Å². The van der Waals surface area contributed by atoms with E-state index in [4.69, 9.17) is 5.14 Å². The van der Waals surface area contributed by atoms with E-state index in [1.54, 1.807) is 29.8 Å². The number of fused-ring (bicyclic) bond motifs is 1. The Hall–Kier alpha value is -2.03. The van der Waals surface area contributed by atoms with Crippen molar-refractivity contribution in [2.75, 3.05) is 11.9 Å². The number of hydrogen-bond donors (Lipinski definition) is 1. The van der Waals surface area contributed by atoms with Crippen LogP contribution in [0.25, 0.3) is 10.2 Å². The van der Waals surface area contributed by atoms with Crippen molar-refractivity contribution in [1.29, 1.82) is 0 Å². The molecule has 132 valence electrons. The number of aromatic nitrogens is 2. The molecule has 0 spiro atoms. The molecule has 2 N–H and O–H groups in total. The molecular formula is C17H20N4O2S2. The fourth-order valence-corrected chi connectivity index (χ4v) is 4.14. The Balaban J connectivity index is 1.95. The van der Waals surface area contributed by atoms with E-state index in [9.17, 15) is 8.42 Å². The van der Waals surface area contributed by atoms with E-state index in [0.29, 0.717) is 0 Å². The minimum absolute atomic E-state index is 0.0117. The summed E-state index contributed by atoms with van der Waals surface area (Å²) in [6, 6.07) is 8.78. The Morgan fingerprint density at radius 1 is 1.24 bits per heavy atom. The van der Waals surface area contributed by atoms with Gasteiger partial charge < -0.3 is 4.90 Å². The molecule has 0 aliphatic rings. The average Bonchev–Trinajstić information content (AvgIpc) is 3.03. The van der Waals surface area contributed by atoms with Crippen LogP contribution in [0.3, 0.4) is 0 Å². The van der Waals surface area contributed by atoms with E-state index in [1.807, 2.05) is 14.0 Å². The summed E-state index contributed by atoms with van der Waals surface area (Å²) in [5, 5.41) is 6.20. The van der Waals surface area contributed by atoms with E-state index in [0.717, 1.165) is 28.0 Å². The predicted molar refractivity (Wildman–Crippen MR) is 101 cm³/mol. The second-order valence-electron chi connectivity index (χ2n) is 5.88. The summed E-state index contributed by atoms with van der Waals surface area (Å²) in [7, 11) is -1.70. The largest absolute Gasteiger partial charge is 0.352 e. The average molecular weight is 377 g/mol. The highest BCUT2D eigenvalue weighted by atomic mass is 32.2. The first-order valence-corrected chi connectivity index (χ1v) is 10.3. The van der Waals surface area contributed by atoms with E-state index in [-0.39, 0.29) is 10.9 Å². The molecule has 0 aliphatic carbocycles. The lowest BCUT2D eigenvalue weighted by Crippen LogP contribution is -2.23. The zero-order valence-corrected chi connectivity index (χ0v) is 15.9. The first-order valence-electron chi connectivity index (χ1n) is 7.90. The maximum atomic E-state index is 11.4. The van der Waals surface area contributed by atoms with Gasteiger partial charge in [-0.2, -0.15) is 0 Å². The van der Waals surface area contributed by atoms with Gasteiger partial charge in [-0.3, -0.25) is 0 Å². The molecule has 0 saturated heterocycles. The lowest BCUT2D eigenvalue weighted by Gasteiger charge is -2.26. The first-order chi connectivity index (χ1) is 11.8. The predicted octanol–water partition coefficient (Wildman–Crippen LogP) is 3.10. The zero-order chi connectivity index (χ0) is 18.2. The van der Waals surface area contributed by atoms with Gasteiger partial charge in [0.2, 0.25) is 10.0 Å². The molecule has 0 fully saturated rings. The Kier molecular flexibility index (Phi) is 4.77. The van der Waals surface area contributed by atoms with Crippen LogP contribution >= 0.6 is 11.3 Å². The minimum Gasteiger partial charge on any atom is -0.352 e. The molecule has 1 aromatic carbocycles. The Labute approximate surface area is 151 Å². The zero-order valence-electron chi connectivity index (χ0n) is 14.3. The van der Waals surface area contributed by atoms with Gasteiger partial charge in [0.25, 0.3) is 0 Å². The third kappa shape index (κ3) is 3.51. The van der Waals surface area contributed by atoms with Crippen LogP contribution in [0, 0.1) is 0 Å². The van der Waals surface area contributed by atoms with Crippen LogP contribution in [0.4, 0.5) is 5.82 Å². The smallest absolute Gasteiger partial charge is 0.238 e. The van der Waals surface area contributed by atoms with Crippen LogP contribution in [0.15, 0.2) is 41.6 Å². The summed E-state index contributed by atoms with van der Waals surface area (Å²) in [4.78, 5) is 13.3. The van der Waals surface area contributed by atoms with Crippen molar-refractivity contribution in [1.82, 2.24) is 9.97 Å². The van der Waals surface area contributed by atoms with Crippen LogP contribution in [0.2, 0.25) is 0 Å². The fourth-order valence-electron chi connectivity index (χ4n) is 2.69. The maximum Gasteiger partial charge on any atom is 0.238 e. The number of nitrogens with zero attached hydrogens (tertiary/aromatic N) is 3. The number of primary sulfonamides is 1. The van der Waals surface area contributed by atoms with Crippen molar-refractivity contribution in [2.24, 2.45) is 5.14 Å². The number of hydrogen-bond acceptors (Lipinski definition) is 6. The molecule has 0 radical (unpaired) electrons. The van der Waals surface area contributed by atoms with Crippen LogP contribution in [0.5, 0.6) is 0 Å². The molecule has 0 bridgehead atoms. The highest BCUT2D eigenvalue weighted by Crippen LogP contribution is 2.33. The van der Waals surface area contributed by atoms with Crippen molar-refractivity contribution in [2.45, 2.75) is 31.2 Å². The number of nitrogens with two attached hydrogens (primary N) is 1. The van der Waals surface area contributed by atoms with Crippen molar-refractivity contribution < 1.29 is 8.42 Å². The Morgan fingerprint density at radius 3 is 2.52 bits per heavy atom. The van der Waals surface area contributed by atoms with Gasteiger partial charge in [0.1, 0.15) is 17.0 Å². The van der Waals surface area contributed by atoms with Gasteiger partial charge >= 0.3 is 0 Å². The van der Waals surface area contributed by atoms with Gasteiger partial charge in [-0.05, 0) is 37.1 Å². The van der Waals surface area contributed by atoms with Crippen LogP contribution in [-0.4, -0.2) is 25.4 Å². The second kappa shape index (κ2) is 6.70. The highest BCUT2D eigenvalue weighted by molar-refractivity contribution is 7.89.